The van der Waals surface area contributed by atoms with Crippen LogP contribution in [0.4, 0.5) is 4.39 Å². The van der Waals surface area contributed by atoms with Gasteiger partial charge in [0.1, 0.15) is 5.82 Å². The Kier molecular flexibility index (Phi) is 3.75. The van der Waals surface area contributed by atoms with Crippen LogP contribution in [-0.2, 0) is 0 Å². The number of rotatable bonds is 2. The van der Waals surface area contributed by atoms with E-state index in [2.05, 4.69) is 0 Å². The fourth-order valence-corrected chi connectivity index (χ4v) is 3.17. The molecule has 0 aliphatic heterocycles. The maximum atomic E-state index is 13.6. The van der Waals surface area contributed by atoms with Gasteiger partial charge in [-0.3, -0.25) is 0 Å². The van der Waals surface area contributed by atoms with E-state index in [1.807, 2.05) is 5.38 Å². The van der Waals surface area contributed by atoms with Crippen LogP contribution >= 0.6 is 46.1 Å². The molecule has 0 aliphatic rings. The van der Waals surface area contributed by atoms with Crippen molar-refractivity contribution in [1.82, 2.24) is 0 Å². The second-order valence-electron chi connectivity index (χ2n) is 3.16. The third-order valence-electron chi connectivity index (χ3n) is 2.11. The number of hydrogen-bond donors (Lipinski definition) is 0. The molecule has 0 saturated heterocycles. The fraction of sp³-hybridized carbons (Fsp3) is 0.0909. The Morgan fingerprint density at radius 1 is 1.19 bits per heavy atom. The van der Waals surface area contributed by atoms with Gasteiger partial charge in [-0.15, -0.1) is 22.9 Å². The van der Waals surface area contributed by atoms with Crippen molar-refractivity contribution in [1.29, 1.82) is 0 Å². The van der Waals surface area contributed by atoms with Crippen molar-refractivity contribution in [2.75, 3.05) is 0 Å². The zero-order valence-electron chi connectivity index (χ0n) is 7.88. The van der Waals surface area contributed by atoms with Crippen LogP contribution in [0.15, 0.2) is 29.6 Å². The molecule has 0 nitrogen and oxygen atoms in total. The van der Waals surface area contributed by atoms with Crippen LogP contribution in [0.2, 0.25) is 10.0 Å². The van der Waals surface area contributed by atoms with Gasteiger partial charge in [-0.2, -0.15) is 0 Å². The van der Waals surface area contributed by atoms with E-state index in [1.165, 1.54) is 29.5 Å². The maximum absolute atomic E-state index is 13.6. The summed E-state index contributed by atoms with van der Waals surface area (Å²) in [6.07, 6.45) is 0. The topological polar surface area (TPSA) is 0 Å². The molecule has 0 bridgehead atoms. The predicted molar refractivity (Wildman–Crippen MR) is 68.4 cm³/mol. The first-order valence-corrected chi connectivity index (χ1v) is 6.48. The van der Waals surface area contributed by atoms with Gasteiger partial charge in [-0.1, -0.05) is 23.2 Å². The van der Waals surface area contributed by atoms with Crippen molar-refractivity contribution < 1.29 is 4.39 Å². The average Bonchev–Trinajstić information content (AvgIpc) is 2.67. The monoisotopic (exact) mass is 294 g/mol. The van der Waals surface area contributed by atoms with Crippen LogP contribution in [0.1, 0.15) is 15.8 Å². The summed E-state index contributed by atoms with van der Waals surface area (Å²) in [7, 11) is 0. The summed E-state index contributed by atoms with van der Waals surface area (Å²) in [4.78, 5) is 0.726. The smallest absolute Gasteiger partial charge is 0.128 e. The first-order valence-electron chi connectivity index (χ1n) is 4.41. The number of halogens is 4. The molecule has 0 aliphatic carbocycles. The Bertz CT molecular complexity index is 510. The zero-order valence-corrected chi connectivity index (χ0v) is 11.0. The lowest BCUT2D eigenvalue weighted by atomic mass is 10.1. The Morgan fingerprint density at radius 2 is 1.94 bits per heavy atom. The first-order chi connectivity index (χ1) is 7.59. The van der Waals surface area contributed by atoms with Crippen LogP contribution in [0.25, 0.3) is 0 Å². The molecule has 1 aromatic carbocycles. The lowest BCUT2D eigenvalue weighted by Gasteiger charge is -2.10. The van der Waals surface area contributed by atoms with Crippen molar-refractivity contribution in [3.05, 3.63) is 55.9 Å². The molecule has 1 aromatic heterocycles. The molecule has 0 radical (unpaired) electrons. The number of hydrogen-bond acceptors (Lipinski definition) is 1. The first kappa shape index (κ1) is 12.2. The van der Waals surface area contributed by atoms with Gasteiger partial charge in [-0.05, 0) is 29.6 Å². The Balaban J connectivity index is 2.45. The molecule has 1 atom stereocenters. The number of thiophene rings is 1. The quantitative estimate of drug-likeness (QED) is 0.640. The van der Waals surface area contributed by atoms with Crippen molar-refractivity contribution in [3.63, 3.8) is 0 Å². The van der Waals surface area contributed by atoms with Crippen LogP contribution in [0, 0.1) is 5.82 Å². The van der Waals surface area contributed by atoms with Gasteiger partial charge in [0, 0.05) is 15.5 Å². The van der Waals surface area contributed by atoms with Gasteiger partial charge in [0.15, 0.2) is 0 Å². The van der Waals surface area contributed by atoms with Crippen molar-refractivity contribution in [2.45, 2.75) is 5.38 Å². The lowest BCUT2D eigenvalue weighted by molar-refractivity contribution is 0.613. The maximum Gasteiger partial charge on any atom is 0.128 e. The molecular formula is C11H6Cl3FS. The Hall–Kier alpha value is -0.280. The molecular weight excluding hydrogens is 290 g/mol. The largest absolute Gasteiger partial charge is 0.207 e. The van der Waals surface area contributed by atoms with E-state index in [9.17, 15) is 4.39 Å². The van der Waals surface area contributed by atoms with Gasteiger partial charge < -0.3 is 0 Å². The van der Waals surface area contributed by atoms with E-state index in [4.69, 9.17) is 34.8 Å². The summed E-state index contributed by atoms with van der Waals surface area (Å²) < 4.78 is 13.6. The summed E-state index contributed by atoms with van der Waals surface area (Å²) in [5, 5.41) is 2.21. The Labute approximate surface area is 112 Å². The highest BCUT2D eigenvalue weighted by molar-refractivity contribution is 7.11. The van der Waals surface area contributed by atoms with Crippen LogP contribution in [-0.4, -0.2) is 0 Å². The van der Waals surface area contributed by atoms with Gasteiger partial charge in [-0.25, -0.2) is 4.39 Å². The molecule has 0 N–H and O–H groups in total. The minimum atomic E-state index is -0.605. The van der Waals surface area contributed by atoms with E-state index in [-0.39, 0.29) is 5.82 Å². The highest BCUT2D eigenvalue weighted by Crippen LogP contribution is 2.38. The fourth-order valence-electron chi connectivity index (χ4n) is 1.34. The van der Waals surface area contributed by atoms with E-state index in [0.717, 1.165) is 4.88 Å². The summed E-state index contributed by atoms with van der Waals surface area (Å²) in [5.41, 5.74) is 0.346. The van der Waals surface area contributed by atoms with E-state index in [1.54, 1.807) is 6.07 Å². The highest BCUT2D eigenvalue weighted by Gasteiger charge is 2.19. The molecule has 0 saturated carbocycles. The molecule has 84 valence electrons. The van der Waals surface area contributed by atoms with Crippen LogP contribution in [0.5, 0.6) is 0 Å². The molecule has 0 spiro atoms. The highest BCUT2D eigenvalue weighted by atomic mass is 35.5. The summed E-state index contributed by atoms with van der Waals surface area (Å²) in [6, 6.07) is 6.04. The van der Waals surface area contributed by atoms with E-state index < -0.39 is 5.38 Å². The third kappa shape index (κ3) is 2.35. The molecule has 16 heavy (non-hydrogen) atoms. The summed E-state index contributed by atoms with van der Waals surface area (Å²) >= 11 is 19.3. The number of alkyl halides is 1. The molecule has 2 aromatic rings. The lowest BCUT2D eigenvalue weighted by Crippen LogP contribution is -1.95. The van der Waals surface area contributed by atoms with Crippen molar-refractivity contribution >= 4 is 46.1 Å². The molecule has 5 heteroatoms. The molecule has 1 heterocycles. The zero-order chi connectivity index (χ0) is 11.7. The van der Waals surface area contributed by atoms with Gasteiger partial charge in [0.05, 0.1) is 10.4 Å². The van der Waals surface area contributed by atoms with Crippen molar-refractivity contribution in [3.8, 4) is 0 Å². The molecule has 2 rings (SSSR count). The third-order valence-corrected chi connectivity index (χ3v) is 4.35. The van der Waals surface area contributed by atoms with E-state index in [0.29, 0.717) is 15.6 Å². The normalized spacial score (nSPS) is 12.8. The second-order valence-corrected chi connectivity index (χ2v) is 5.39. The summed E-state index contributed by atoms with van der Waals surface area (Å²) in [5.74, 6) is -0.381. The van der Waals surface area contributed by atoms with Crippen LogP contribution < -0.4 is 0 Å². The van der Waals surface area contributed by atoms with Gasteiger partial charge in [0.2, 0.25) is 0 Å². The minimum absolute atomic E-state index is 0.346. The van der Waals surface area contributed by atoms with Crippen LogP contribution in [0.3, 0.4) is 0 Å². The number of benzene rings is 1. The van der Waals surface area contributed by atoms with Crippen molar-refractivity contribution in [2.24, 2.45) is 0 Å². The van der Waals surface area contributed by atoms with E-state index >= 15 is 0 Å². The minimum Gasteiger partial charge on any atom is -0.207 e. The Morgan fingerprint density at radius 3 is 2.56 bits per heavy atom. The van der Waals surface area contributed by atoms with Gasteiger partial charge in [0.25, 0.3) is 0 Å². The molecule has 0 amide bonds. The van der Waals surface area contributed by atoms with Gasteiger partial charge >= 0.3 is 0 Å². The predicted octanol–water partition coefficient (Wildman–Crippen LogP) is 5.52. The SMILES string of the molecule is Fc1ccc(Cl)cc1C(Cl)c1sccc1Cl. The standard InChI is InChI=1S/C11H6Cl3FS/c12-6-1-2-9(15)7(5-6)10(14)11-8(13)3-4-16-11/h1-5,10H. The molecule has 1 unspecified atom stereocenters. The second kappa shape index (κ2) is 4.92. The molecule has 0 fully saturated rings. The summed E-state index contributed by atoms with van der Waals surface area (Å²) in [6.45, 7) is 0. The average molecular weight is 296 g/mol.